The summed E-state index contributed by atoms with van der Waals surface area (Å²) in [5, 5.41) is 6.08. The lowest BCUT2D eigenvalue weighted by molar-refractivity contribution is 0.0653. The molecule has 1 aromatic carbocycles. The fraction of sp³-hybridized carbons (Fsp3) is 0.591. The highest BCUT2D eigenvalue weighted by Crippen LogP contribution is 2.20. The van der Waals surface area contributed by atoms with Crippen molar-refractivity contribution in [2.75, 3.05) is 29.5 Å². The minimum atomic E-state index is -0.479. The number of anilines is 3. The van der Waals surface area contributed by atoms with E-state index in [-0.39, 0.29) is 0 Å². The van der Waals surface area contributed by atoms with Gasteiger partial charge in [-0.3, -0.25) is 19.4 Å². The molecule has 30 heavy (non-hydrogen) atoms. The number of aromatic nitrogens is 1. The van der Waals surface area contributed by atoms with Crippen LogP contribution < -0.4 is 26.4 Å². The third-order valence-electron chi connectivity index (χ3n) is 5.03. The molecular weight excluding hydrogens is 400 g/mol. The number of nitrogens with one attached hydrogen (secondary N) is 3. The van der Waals surface area contributed by atoms with Gasteiger partial charge in [-0.25, -0.2) is 0 Å². The third-order valence-corrected chi connectivity index (χ3v) is 5.76. The monoisotopic (exact) mass is 434 g/mol. The zero-order chi connectivity index (χ0) is 21.6. The highest BCUT2D eigenvalue weighted by molar-refractivity contribution is 7.97. The first-order valence-corrected chi connectivity index (χ1v) is 11.9. The summed E-state index contributed by atoms with van der Waals surface area (Å²) >= 11 is 1.62. The van der Waals surface area contributed by atoms with Gasteiger partial charge in [-0.1, -0.05) is 51.5 Å². The predicted octanol–water partition coefficient (Wildman–Crippen LogP) is 4.39. The van der Waals surface area contributed by atoms with Crippen molar-refractivity contribution in [2.45, 2.75) is 58.8 Å². The summed E-state index contributed by atoms with van der Waals surface area (Å²) < 4.78 is 0. The van der Waals surface area contributed by atoms with Crippen molar-refractivity contribution >= 4 is 29.0 Å². The summed E-state index contributed by atoms with van der Waals surface area (Å²) in [6.07, 6.45) is 11.1. The summed E-state index contributed by atoms with van der Waals surface area (Å²) in [6.45, 7) is 5.87. The average molecular weight is 435 g/mol. The van der Waals surface area contributed by atoms with Crippen molar-refractivity contribution in [3.8, 4) is 0 Å². The first kappa shape index (κ1) is 24.4. The molecule has 0 saturated carbocycles. The molecule has 0 spiro atoms. The highest BCUT2D eigenvalue weighted by Gasteiger charge is 2.20. The van der Waals surface area contributed by atoms with Crippen LogP contribution in [0.1, 0.15) is 58.8 Å². The second-order valence-corrected chi connectivity index (χ2v) is 8.29. The third kappa shape index (κ3) is 8.08. The van der Waals surface area contributed by atoms with E-state index in [1.54, 1.807) is 36.5 Å². The topological polar surface area (TPSA) is 92.3 Å². The van der Waals surface area contributed by atoms with Crippen LogP contribution in [-0.4, -0.2) is 23.9 Å². The summed E-state index contributed by atoms with van der Waals surface area (Å²) in [6, 6.07) is 3.58. The molecule has 2 rings (SSSR count). The second-order valence-electron chi connectivity index (χ2n) is 7.42. The van der Waals surface area contributed by atoms with E-state index in [9.17, 15) is 9.59 Å². The van der Waals surface area contributed by atoms with E-state index < -0.39 is 10.9 Å². The van der Waals surface area contributed by atoms with Crippen LogP contribution in [0.25, 0.3) is 0 Å². The number of nitrogens with zero attached hydrogens (tertiary/aromatic N) is 1. The Bertz CT molecular complexity index is 793. The quantitative estimate of drug-likeness (QED) is 0.146. The Hall–Kier alpha value is -1.90. The van der Waals surface area contributed by atoms with Gasteiger partial charge in [-0.05, 0) is 37.3 Å². The molecule has 166 valence electrons. The molecule has 2 aromatic rings. The van der Waals surface area contributed by atoms with E-state index in [2.05, 4.69) is 34.4 Å². The summed E-state index contributed by atoms with van der Waals surface area (Å²) in [5.74, 6) is 1.65. The number of hydrogen-bond donors (Lipinski definition) is 3. The van der Waals surface area contributed by atoms with Crippen molar-refractivity contribution in [3.05, 3.63) is 45.0 Å². The molecule has 0 aliphatic rings. The van der Waals surface area contributed by atoms with Gasteiger partial charge in [-0.2, -0.15) is 0 Å². The van der Waals surface area contributed by atoms with Crippen molar-refractivity contribution in [1.82, 2.24) is 9.87 Å². The van der Waals surface area contributed by atoms with Crippen molar-refractivity contribution < 1.29 is 4.84 Å². The molecule has 0 amide bonds. The Morgan fingerprint density at radius 2 is 1.90 bits per heavy atom. The van der Waals surface area contributed by atoms with Gasteiger partial charge in [0, 0.05) is 18.5 Å². The molecule has 0 fully saturated rings. The molecule has 1 heterocycles. The summed E-state index contributed by atoms with van der Waals surface area (Å²) in [7, 11) is 0. The Balaban J connectivity index is 1.51. The SMILES string of the molecule is CCCC(CC)CONSCCCCCCNc1c(Nc2cccnc2)c(=O)c1=O. The molecular formula is C22H34N4O3S. The van der Waals surface area contributed by atoms with E-state index >= 15 is 0 Å². The van der Waals surface area contributed by atoms with Gasteiger partial charge in [0.2, 0.25) is 0 Å². The standard InChI is InChI=1S/C22H34N4O3S/c1-3-10-17(4-2)16-29-26-30-14-8-6-5-7-13-24-19-20(22(28)21(19)27)25-18-11-9-12-23-15-18/h9,11-12,15,17,24-26H,3-8,10,13-14,16H2,1-2H3. The molecule has 1 atom stereocenters. The van der Waals surface area contributed by atoms with Gasteiger partial charge in [0.1, 0.15) is 11.4 Å². The number of pyridine rings is 1. The van der Waals surface area contributed by atoms with Gasteiger partial charge >= 0.3 is 0 Å². The van der Waals surface area contributed by atoms with Gasteiger partial charge < -0.3 is 10.6 Å². The fourth-order valence-corrected chi connectivity index (χ4v) is 3.76. The first-order chi connectivity index (χ1) is 14.7. The lowest BCUT2D eigenvalue weighted by Gasteiger charge is -2.14. The van der Waals surface area contributed by atoms with Crippen LogP contribution in [-0.2, 0) is 4.84 Å². The Morgan fingerprint density at radius 3 is 2.63 bits per heavy atom. The molecule has 1 aromatic heterocycles. The zero-order valence-electron chi connectivity index (χ0n) is 18.0. The number of hydrogen-bond acceptors (Lipinski definition) is 8. The maximum Gasteiger partial charge on any atom is 0.253 e. The van der Waals surface area contributed by atoms with Crippen LogP contribution in [0.4, 0.5) is 17.1 Å². The second kappa shape index (κ2) is 14.2. The number of rotatable bonds is 17. The van der Waals surface area contributed by atoms with Crippen LogP contribution >= 0.6 is 11.9 Å². The predicted molar refractivity (Wildman–Crippen MR) is 126 cm³/mol. The van der Waals surface area contributed by atoms with Gasteiger partial charge in [0.05, 0.1) is 18.5 Å². The first-order valence-electron chi connectivity index (χ1n) is 10.9. The molecule has 3 N–H and O–H groups in total. The van der Waals surface area contributed by atoms with E-state index in [0.717, 1.165) is 44.5 Å². The van der Waals surface area contributed by atoms with Crippen molar-refractivity contribution in [3.63, 3.8) is 0 Å². The van der Waals surface area contributed by atoms with Crippen molar-refractivity contribution in [2.24, 2.45) is 5.92 Å². The van der Waals surface area contributed by atoms with Crippen molar-refractivity contribution in [1.29, 1.82) is 0 Å². The Morgan fingerprint density at radius 1 is 1.10 bits per heavy atom. The molecule has 7 nitrogen and oxygen atoms in total. The average Bonchev–Trinajstić information content (AvgIpc) is 2.78. The van der Waals surface area contributed by atoms with Crippen LogP contribution in [0.5, 0.6) is 0 Å². The zero-order valence-corrected chi connectivity index (χ0v) is 18.9. The normalized spacial score (nSPS) is 12.2. The highest BCUT2D eigenvalue weighted by atomic mass is 32.2. The van der Waals surface area contributed by atoms with Crippen LogP contribution in [0, 0.1) is 5.92 Å². The molecule has 0 bridgehead atoms. The lowest BCUT2D eigenvalue weighted by atomic mass is 10.0. The molecule has 1 unspecified atom stereocenters. The molecule has 0 saturated heterocycles. The Labute approximate surface area is 183 Å². The number of unbranched alkanes of at least 4 members (excludes halogenated alkanes) is 3. The Kier molecular flexibility index (Phi) is 11.5. The van der Waals surface area contributed by atoms with Crippen LogP contribution in [0.3, 0.4) is 0 Å². The lowest BCUT2D eigenvalue weighted by Crippen LogP contribution is -2.36. The smallest absolute Gasteiger partial charge is 0.253 e. The minimum Gasteiger partial charge on any atom is -0.380 e. The maximum absolute atomic E-state index is 11.8. The summed E-state index contributed by atoms with van der Waals surface area (Å²) in [5.41, 5.74) is 0.480. The van der Waals surface area contributed by atoms with Crippen LogP contribution in [0.15, 0.2) is 34.1 Å². The van der Waals surface area contributed by atoms with Gasteiger partial charge in [0.25, 0.3) is 10.9 Å². The summed E-state index contributed by atoms with van der Waals surface area (Å²) in [4.78, 5) is 36.1. The van der Waals surface area contributed by atoms with E-state index in [0.29, 0.717) is 29.5 Å². The molecule has 8 heteroatoms. The fourth-order valence-electron chi connectivity index (χ4n) is 3.18. The molecule has 0 radical (unpaired) electrons. The largest absolute Gasteiger partial charge is 0.380 e. The van der Waals surface area contributed by atoms with E-state index in [1.807, 2.05) is 0 Å². The van der Waals surface area contributed by atoms with Gasteiger partial charge in [-0.15, -0.1) is 4.89 Å². The van der Waals surface area contributed by atoms with E-state index in [1.165, 1.54) is 12.8 Å². The minimum absolute atomic E-state index is 0.333. The van der Waals surface area contributed by atoms with E-state index in [4.69, 9.17) is 4.84 Å². The molecule has 0 aliphatic heterocycles. The molecule has 0 aliphatic carbocycles. The van der Waals surface area contributed by atoms with Crippen LogP contribution in [0.2, 0.25) is 0 Å². The maximum atomic E-state index is 11.8. The van der Waals surface area contributed by atoms with Gasteiger partial charge in [0.15, 0.2) is 0 Å².